The molecule has 0 saturated carbocycles. The molecule has 176 valence electrons. The average molecular weight is 545 g/mol. The van der Waals surface area contributed by atoms with Crippen molar-refractivity contribution in [2.45, 2.75) is 13.8 Å². The van der Waals surface area contributed by atoms with E-state index in [0.717, 1.165) is 11.3 Å². The summed E-state index contributed by atoms with van der Waals surface area (Å²) in [4.78, 5) is 24.5. The number of carbonyl (C=O) groups excluding carboxylic acids is 2. The summed E-state index contributed by atoms with van der Waals surface area (Å²) in [6, 6.07) is 17.4. The standard InChI is InChI=1S/C25H23BrClN3O4/c1-3-33-22-13-17(14-28-30-25(32)18-8-10-19(27)11-9-18)12-20(26)24(22)34-15-23(31)29-21-7-5-4-6-16(21)2/h4-14H,3,15H2,1-2H3,(H,29,31)(H,30,32)/b28-14+. The Morgan fingerprint density at radius 3 is 2.53 bits per heavy atom. The number of aryl methyl sites for hydroxylation is 1. The van der Waals surface area contributed by atoms with Crippen LogP contribution in [0.3, 0.4) is 0 Å². The smallest absolute Gasteiger partial charge is 0.271 e. The van der Waals surface area contributed by atoms with Crippen molar-refractivity contribution in [2.24, 2.45) is 5.10 Å². The minimum Gasteiger partial charge on any atom is -0.490 e. The van der Waals surface area contributed by atoms with Gasteiger partial charge in [0.05, 0.1) is 17.3 Å². The number of hydrazone groups is 1. The van der Waals surface area contributed by atoms with Crippen molar-refractivity contribution in [1.29, 1.82) is 0 Å². The van der Waals surface area contributed by atoms with Gasteiger partial charge in [-0.3, -0.25) is 9.59 Å². The van der Waals surface area contributed by atoms with Crippen molar-refractivity contribution in [3.63, 3.8) is 0 Å². The van der Waals surface area contributed by atoms with Gasteiger partial charge >= 0.3 is 0 Å². The molecular formula is C25H23BrClN3O4. The molecule has 0 aliphatic rings. The Kier molecular flexibility index (Phi) is 9.07. The maximum Gasteiger partial charge on any atom is 0.271 e. The van der Waals surface area contributed by atoms with E-state index in [4.69, 9.17) is 21.1 Å². The van der Waals surface area contributed by atoms with Crippen LogP contribution in [0.15, 0.2) is 70.2 Å². The fourth-order valence-corrected chi connectivity index (χ4v) is 3.63. The quantitative estimate of drug-likeness (QED) is 0.271. The van der Waals surface area contributed by atoms with E-state index in [0.29, 0.717) is 38.7 Å². The van der Waals surface area contributed by atoms with Crippen molar-refractivity contribution >= 4 is 51.2 Å². The Bertz CT molecular complexity index is 1200. The predicted molar refractivity (Wildman–Crippen MR) is 137 cm³/mol. The summed E-state index contributed by atoms with van der Waals surface area (Å²) in [5.41, 5.74) is 5.25. The van der Waals surface area contributed by atoms with Crippen LogP contribution in [-0.4, -0.2) is 31.2 Å². The molecule has 0 aliphatic heterocycles. The van der Waals surface area contributed by atoms with Gasteiger partial charge in [0, 0.05) is 16.3 Å². The molecular weight excluding hydrogens is 522 g/mol. The van der Waals surface area contributed by atoms with Gasteiger partial charge in [-0.15, -0.1) is 0 Å². The number of halogens is 2. The number of nitrogens with zero attached hydrogens (tertiary/aromatic N) is 1. The van der Waals surface area contributed by atoms with Crippen molar-refractivity contribution in [1.82, 2.24) is 5.43 Å². The molecule has 7 nitrogen and oxygen atoms in total. The van der Waals surface area contributed by atoms with E-state index >= 15 is 0 Å². The summed E-state index contributed by atoms with van der Waals surface area (Å²) in [6.45, 7) is 3.96. The van der Waals surface area contributed by atoms with Crippen LogP contribution in [0.5, 0.6) is 11.5 Å². The summed E-state index contributed by atoms with van der Waals surface area (Å²) in [6.07, 6.45) is 1.48. The van der Waals surface area contributed by atoms with Crippen LogP contribution in [0.4, 0.5) is 5.69 Å². The molecule has 0 saturated heterocycles. The third-order valence-electron chi connectivity index (χ3n) is 4.58. The number of para-hydroxylation sites is 1. The lowest BCUT2D eigenvalue weighted by Gasteiger charge is -2.15. The summed E-state index contributed by atoms with van der Waals surface area (Å²) < 4.78 is 12.0. The third-order valence-corrected chi connectivity index (χ3v) is 5.43. The van der Waals surface area contributed by atoms with Crippen molar-refractivity contribution in [3.05, 3.63) is 86.8 Å². The van der Waals surface area contributed by atoms with E-state index in [1.54, 1.807) is 36.4 Å². The van der Waals surface area contributed by atoms with Gasteiger partial charge in [0.1, 0.15) is 0 Å². The number of nitrogens with one attached hydrogen (secondary N) is 2. The molecule has 3 aromatic carbocycles. The normalized spacial score (nSPS) is 10.7. The molecule has 0 atom stereocenters. The van der Waals surface area contributed by atoms with Crippen LogP contribution in [0.2, 0.25) is 5.02 Å². The first-order chi connectivity index (χ1) is 16.4. The summed E-state index contributed by atoms with van der Waals surface area (Å²) >= 11 is 9.30. The Morgan fingerprint density at radius 2 is 1.82 bits per heavy atom. The largest absolute Gasteiger partial charge is 0.490 e. The Labute approximate surface area is 211 Å². The van der Waals surface area contributed by atoms with Gasteiger partial charge in [-0.25, -0.2) is 5.43 Å². The lowest BCUT2D eigenvalue weighted by molar-refractivity contribution is -0.118. The number of hydrogen-bond acceptors (Lipinski definition) is 5. The number of rotatable bonds is 9. The monoisotopic (exact) mass is 543 g/mol. The molecule has 3 rings (SSSR count). The van der Waals surface area contributed by atoms with Crippen LogP contribution in [-0.2, 0) is 4.79 Å². The molecule has 34 heavy (non-hydrogen) atoms. The van der Waals surface area contributed by atoms with Crippen molar-refractivity contribution < 1.29 is 19.1 Å². The maximum atomic E-state index is 12.4. The van der Waals surface area contributed by atoms with Gasteiger partial charge in [0.15, 0.2) is 18.1 Å². The molecule has 0 heterocycles. The molecule has 0 radical (unpaired) electrons. The number of carbonyl (C=O) groups is 2. The number of ether oxygens (including phenoxy) is 2. The van der Waals surface area contributed by atoms with Crippen molar-refractivity contribution in [3.8, 4) is 11.5 Å². The molecule has 0 aromatic heterocycles. The summed E-state index contributed by atoms with van der Waals surface area (Å²) in [7, 11) is 0. The fourth-order valence-electron chi connectivity index (χ4n) is 2.93. The topological polar surface area (TPSA) is 89.0 Å². The maximum absolute atomic E-state index is 12.4. The molecule has 2 amide bonds. The lowest BCUT2D eigenvalue weighted by atomic mass is 10.2. The number of amides is 2. The van der Waals surface area contributed by atoms with E-state index in [1.165, 1.54) is 6.21 Å². The Balaban J connectivity index is 1.66. The second-order valence-corrected chi connectivity index (χ2v) is 8.41. The van der Waals surface area contributed by atoms with Gasteiger partial charge in [0.2, 0.25) is 0 Å². The zero-order valence-corrected chi connectivity index (χ0v) is 20.9. The van der Waals surface area contributed by atoms with Crippen LogP contribution < -0.4 is 20.2 Å². The molecule has 3 aromatic rings. The molecule has 0 bridgehead atoms. The fraction of sp³-hybridized carbons (Fsp3) is 0.160. The van der Waals surface area contributed by atoms with E-state index < -0.39 is 0 Å². The first-order valence-corrected chi connectivity index (χ1v) is 11.6. The summed E-state index contributed by atoms with van der Waals surface area (Å²) in [5.74, 6) is 0.172. The molecule has 2 N–H and O–H groups in total. The molecule has 9 heteroatoms. The number of anilines is 1. The van der Waals surface area contributed by atoms with E-state index in [2.05, 4.69) is 31.8 Å². The zero-order valence-electron chi connectivity index (χ0n) is 18.6. The zero-order chi connectivity index (χ0) is 24.5. The molecule has 0 aliphatic carbocycles. The molecule has 0 unspecified atom stereocenters. The first-order valence-electron chi connectivity index (χ1n) is 10.4. The molecule has 0 spiro atoms. The van der Waals surface area contributed by atoms with Crippen LogP contribution in [0, 0.1) is 6.92 Å². The highest BCUT2D eigenvalue weighted by molar-refractivity contribution is 9.10. The van der Waals surface area contributed by atoms with Gasteiger partial charge < -0.3 is 14.8 Å². The van der Waals surface area contributed by atoms with Gasteiger partial charge in [-0.1, -0.05) is 29.8 Å². The Morgan fingerprint density at radius 1 is 1.09 bits per heavy atom. The van der Waals surface area contributed by atoms with Crippen LogP contribution >= 0.6 is 27.5 Å². The van der Waals surface area contributed by atoms with Gasteiger partial charge in [0.25, 0.3) is 11.8 Å². The van der Waals surface area contributed by atoms with E-state index in [9.17, 15) is 9.59 Å². The van der Waals surface area contributed by atoms with E-state index in [-0.39, 0.29) is 18.4 Å². The average Bonchev–Trinajstić information content (AvgIpc) is 2.80. The number of benzene rings is 3. The SMILES string of the molecule is CCOc1cc(/C=N/NC(=O)c2ccc(Cl)cc2)cc(Br)c1OCC(=O)Nc1ccccc1C. The molecule has 0 fully saturated rings. The first kappa shape index (κ1) is 25.3. The second kappa shape index (κ2) is 12.2. The van der Waals surface area contributed by atoms with Crippen LogP contribution in [0.1, 0.15) is 28.4 Å². The predicted octanol–water partition coefficient (Wildman–Crippen LogP) is 5.59. The minimum absolute atomic E-state index is 0.197. The highest BCUT2D eigenvalue weighted by atomic mass is 79.9. The van der Waals surface area contributed by atoms with E-state index in [1.807, 2.05) is 38.1 Å². The highest BCUT2D eigenvalue weighted by Gasteiger charge is 2.14. The second-order valence-electron chi connectivity index (χ2n) is 7.12. The van der Waals surface area contributed by atoms with Gasteiger partial charge in [-0.05, 0) is 83.4 Å². The minimum atomic E-state index is -0.364. The van der Waals surface area contributed by atoms with Crippen molar-refractivity contribution in [2.75, 3.05) is 18.5 Å². The number of hydrogen-bond donors (Lipinski definition) is 2. The lowest BCUT2D eigenvalue weighted by Crippen LogP contribution is -2.21. The Hall–Kier alpha value is -3.36. The third kappa shape index (κ3) is 7.07. The summed E-state index contributed by atoms with van der Waals surface area (Å²) in [5, 5.41) is 7.38. The van der Waals surface area contributed by atoms with Gasteiger partial charge in [-0.2, -0.15) is 5.10 Å². The highest BCUT2D eigenvalue weighted by Crippen LogP contribution is 2.36. The van der Waals surface area contributed by atoms with Crippen LogP contribution in [0.25, 0.3) is 0 Å².